The first-order chi connectivity index (χ1) is 14.7. The molecule has 4 rings (SSSR count). The zero-order valence-corrected chi connectivity index (χ0v) is 19.4. The number of aryl methyl sites for hydroxylation is 1. The number of pyridine rings is 1. The van der Waals surface area contributed by atoms with Gasteiger partial charge in [0.05, 0.1) is 11.1 Å². The Bertz CT molecular complexity index is 1260. The number of nitrogens with zero attached hydrogens (tertiary/aromatic N) is 4. The Morgan fingerprint density at radius 2 is 2.16 bits per heavy atom. The predicted molar refractivity (Wildman–Crippen MR) is 126 cm³/mol. The van der Waals surface area contributed by atoms with Crippen LogP contribution in [0.4, 0.5) is 11.5 Å². The molecule has 0 spiro atoms. The molecule has 8 nitrogen and oxygen atoms in total. The van der Waals surface area contributed by atoms with Gasteiger partial charge in [-0.1, -0.05) is 0 Å². The molecular formula is C21H21BrN6O2S. The Labute approximate surface area is 191 Å². The number of halogens is 1. The van der Waals surface area contributed by atoms with Crippen LogP contribution in [0.25, 0.3) is 22.0 Å². The van der Waals surface area contributed by atoms with Crippen LogP contribution < -0.4 is 11.1 Å². The van der Waals surface area contributed by atoms with E-state index in [1.807, 2.05) is 24.4 Å². The van der Waals surface area contributed by atoms with Gasteiger partial charge >= 0.3 is 0 Å². The number of aromatic nitrogens is 4. The number of thiazole rings is 1. The van der Waals surface area contributed by atoms with Gasteiger partial charge in [0.2, 0.25) is 0 Å². The van der Waals surface area contributed by atoms with E-state index in [4.69, 9.17) is 5.73 Å². The number of carbonyl (C=O) groups is 1. The molecule has 3 heterocycles. The van der Waals surface area contributed by atoms with E-state index in [2.05, 4.69) is 36.3 Å². The van der Waals surface area contributed by atoms with Crippen LogP contribution >= 0.6 is 27.3 Å². The molecule has 0 saturated heterocycles. The highest BCUT2D eigenvalue weighted by Gasteiger charge is 2.17. The summed E-state index contributed by atoms with van der Waals surface area (Å²) >= 11 is 4.63. The van der Waals surface area contributed by atoms with E-state index < -0.39 is 5.60 Å². The van der Waals surface area contributed by atoms with Crippen LogP contribution in [0.15, 0.2) is 46.0 Å². The van der Waals surface area contributed by atoms with Crippen molar-refractivity contribution >= 4 is 55.6 Å². The van der Waals surface area contributed by atoms with Crippen molar-refractivity contribution in [3.63, 3.8) is 0 Å². The van der Waals surface area contributed by atoms with Crippen LogP contribution in [0.1, 0.15) is 30.8 Å². The van der Waals surface area contributed by atoms with E-state index in [1.54, 1.807) is 36.2 Å². The molecule has 1 amide bonds. The first-order valence-electron chi connectivity index (χ1n) is 9.56. The fourth-order valence-electron chi connectivity index (χ4n) is 3.13. The Morgan fingerprint density at radius 3 is 2.84 bits per heavy atom. The van der Waals surface area contributed by atoms with Gasteiger partial charge in [-0.25, -0.2) is 9.97 Å². The van der Waals surface area contributed by atoms with E-state index in [1.165, 1.54) is 11.3 Å². The number of nitrogens with two attached hydrogens (primary N) is 1. The number of benzene rings is 1. The monoisotopic (exact) mass is 500 g/mol. The number of anilines is 2. The standard InChI is InChI=1S/C21H21BrN6O2S/c1-21(2,30)4-6-28-10-13-7-16(25-19(29)17-11-31-20(22)26-17)14(9-15(13)27-28)12-3-5-24-18(23)8-12/h3,5,7-11,30H,4,6H2,1-2H3,(H2,23,24)(H,25,29). The van der Waals surface area contributed by atoms with E-state index >= 15 is 0 Å². The normalized spacial score (nSPS) is 11.7. The zero-order valence-electron chi connectivity index (χ0n) is 17.0. The molecule has 10 heteroatoms. The summed E-state index contributed by atoms with van der Waals surface area (Å²) in [7, 11) is 0. The smallest absolute Gasteiger partial charge is 0.275 e. The largest absolute Gasteiger partial charge is 0.390 e. The molecule has 0 fully saturated rings. The molecule has 0 aliphatic carbocycles. The summed E-state index contributed by atoms with van der Waals surface area (Å²) in [4.78, 5) is 21.0. The van der Waals surface area contributed by atoms with Gasteiger partial charge in [0.25, 0.3) is 5.91 Å². The SMILES string of the molecule is CC(C)(O)CCn1cc2cc(NC(=O)c3csc(Br)n3)c(-c3ccnc(N)c3)cc2n1. The lowest BCUT2D eigenvalue weighted by Crippen LogP contribution is -2.21. The number of hydrogen-bond acceptors (Lipinski definition) is 7. The van der Waals surface area contributed by atoms with Gasteiger partial charge in [0.15, 0.2) is 3.92 Å². The number of aliphatic hydroxyl groups is 1. The lowest BCUT2D eigenvalue weighted by atomic mass is 10.0. The molecule has 0 atom stereocenters. The van der Waals surface area contributed by atoms with Crippen molar-refractivity contribution in [3.8, 4) is 11.1 Å². The van der Waals surface area contributed by atoms with Gasteiger partial charge in [-0.2, -0.15) is 5.10 Å². The minimum atomic E-state index is -0.779. The molecule has 0 aliphatic heterocycles. The Kier molecular flexibility index (Phi) is 5.78. The summed E-state index contributed by atoms with van der Waals surface area (Å²) in [6.07, 6.45) is 4.10. The molecule has 4 N–H and O–H groups in total. The van der Waals surface area contributed by atoms with E-state index in [9.17, 15) is 9.90 Å². The van der Waals surface area contributed by atoms with Crippen molar-refractivity contribution in [3.05, 3.63) is 51.7 Å². The van der Waals surface area contributed by atoms with Crippen molar-refractivity contribution in [1.82, 2.24) is 19.7 Å². The molecule has 0 bridgehead atoms. The Hall–Kier alpha value is -2.82. The van der Waals surface area contributed by atoms with Gasteiger partial charge in [-0.3, -0.25) is 9.48 Å². The van der Waals surface area contributed by atoms with Gasteiger partial charge < -0.3 is 16.2 Å². The summed E-state index contributed by atoms with van der Waals surface area (Å²) in [6.45, 7) is 4.11. The lowest BCUT2D eigenvalue weighted by Gasteiger charge is -2.16. The lowest BCUT2D eigenvalue weighted by molar-refractivity contribution is 0.0651. The summed E-state index contributed by atoms with van der Waals surface area (Å²) in [5, 5.41) is 20.2. The average Bonchev–Trinajstić information content (AvgIpc) is 3.30. The van der Waals surface area contributed by atoms with E-state index in [0.29, 0.717) is 34.1 Å². The van der Waals surface area contributed by atoms with E-state index in [-0.39, 0.29) is 5.91 Å². The Morgan fingerprint density at radius 1 is 1.35 bits per heavy atom. The number of fused-ring (bicyclic) bond motifs is 1. The highest BCUT2D eigenvalue weighted by atomic mass is 79.9. The minimum absolute atomic E-state index is 0.306. The highest BCUT2D eigenvalue weighted by molar-refractivity contribution is 9.11. The summed E-state index contributed by atoms with van der Waals surface area (Å²) in [5.74, 6) is 0.0769. The quantitative estimate of drug-likeness (QED) is 0.362. The Balaban J connectivity index is 1.75. The first-order valence-corrected chi connectivity index (χ1v) is 11.2. The molecule has 160 valence electrons. The maximum absolute atomic E-state index is 12.8. The van der Waals surface area contributed by atoms with Crippen LogP contribution in [-0.2, 0) is 6.54 Å². The van der Waals surface area contributed by atoms with Crippen molar-refractivity contribution in [2.45, 2.75) is 32.4 Å². The van der Waals surface area contributed by atoms with Crippen LogP contribution in [0, 0.1) is 0 Å². The highest BCUT2D eigenvalue weighted by Crippen LogP contribution is 2.33. The van der Waals surface area contributed by atoms with Crippen LogP contribution in [0.3, 0.4) is 0 Å². The van der Waals surface area contributed by atoms with Crippen LogP contribution in [0.2, 0.25) is 0 Å². The fraction of sp³-hybridized carbons (Fsp3) is 0.238. The van der Waals surface area contributed by atoms with Crippen molar-refractivity contribution in [1.29, 1.82) is 0 Å². The minimum Gasteiger partial charge on any atom is -0.390 e. The van der Waals surface area contributed by atoms with Gasteiger partial charge in [0.1, 0.15) is 11.5 Å². The molecule has 0 unspecified atom stereocenters. The third kappa shape index (κ3) is 5.09. The maximum atomic E-state index is 12.8. The maximum Gasteiger partial charge on any atom is 0.275 e. The third-order valence-electron chi connectivity index (χ3n) is 4.69. The van der Waals surface area contributed by atoms with Gasteiger partial charge in [-0.05, 0) is 66.0 Å². The predicted octanol–water partition coefficient (Wildman–Crippen LogP) is 4.31. The average molecular weight is 501 g/mol. The first kappa shape index (κ1) is 21.4. The molecule has 0 saturated carbocycles. The summed E-state index contributed by atoms with van der Waals surface area (Å²) in [6, 6.07) is 7.38. The molecule has 3 aromatic heterocycles. The van der Waals surface area contributed by atoms with E-state index in [0.717, 1.165) is 22.0 Å². The molecule has 0 radical (unpaired) electrons. The number of nitrogen functional groups attached to an aromatic ring is 1. The van der Waals surface area contributed by atoms with Gasteiger partial charge in [-0.15, -0.1) is 11.3 Å². The summed E-state index contributed by atoms with van der Waals surface area (Å²) in [5.41, 5.74) is 8.42. The topological polar surface area (TPSA) is 119 Å². The molecule has 1 aromatic carbocycles. The number of nitrogens with one attached hydrogen (secondary N) is 1. The second-order valence-electron chi connectivity index (χ2n) is 7.82. The molecule has 31 heavy (non-hydrogen) atoms. The molecule has 4 aromatic rings. The number of carbonyl (C=O) groups excluding carboxylic acids is 1. The van der Waals surface area contributed by atoms with Gasteiger partial charge in [0, 0.05) is 41.0 Å². The fourth-order valence-corrected chi connectivity index (χ4v) is 4.12. The van der Waals surface area contributed by atoms with Crippen molar-refractivity contribution < 1.29 is 9.90 Å². The second-order valence-corrected chi connectivity index (χ2v) is 9.95. The number of rotatable bonds is 6. The second kappa shape index (κ2) is 8.37. The van der Waals surface area contributed by atoms with Crippen LogP contribution in [0.5, 0.6) is 0 Å². The summed E-state index contributed by atoms with van der Waals surface area (Å²) < 4.78 is 2.44. The zero-order chi connectivity index (χ0) is 22.2. The number of hydrogen-bond donors (Lipinski definition) is 3. The third-order valence-corrected chi connectivity index (χ3v) is 6.06. The van der Waals surface area contributed by atoms with Crippen molar-refractivity contribution in [2.75, 3.05) is 11.1 Å². The van der Waals surface area contributed by atoms with Crippen molar-refractivity contribution in [2.24, 2.45) is 0 Å². The molecular weight excluding hydrogens is 480 g/mol. The number of amides is 1. The molecule has 0 aliphatic rings. The van der Waals surface area contributed by atoms with Crippen LogP contribution in [-0.4, -0.2) is 36.4 Å².